The van der Waals surface area contributed by atoms with Crippen LogP contribution in [0.3, 0.4) is 0 Å². The summed E-state index contributed by atoms with van der Waals surface area (Å²) in [6.07, 6.45) is 4.31. The highest BCUT2D eigenvalue weighted by Gasteiger charge is 2.20. The van der Waals surface area contributed by atoms with E-state index in [1.54, 1.807) is 0 Å². The first kappa shape index (κ1) is 16.5. The molecule has 0 saturated carbocycles. The van der Waals surface area contributed by atoms with Gasteiger partial charge in [0.1, 0.15) is 5.76 Å². The van der Waals surface area contributed by atoms with Gasteiger partial charge in [0.15, 0.2) is 0 Å². The van der Waals surface area contributed by atoms with Crippen molar-refractivity contribution < 1.29 is 4.42 Å². The number of hydrogen-bond acceptors (Lipinski definition) is 4. The Labute approximate surface area is 129 Å². The van der Waals surface area contributed by atoms with Crippen LogP contribution in [0.5, 0.6) is 0 Å². The molecule has 2 heterocycles. The van der Waals surface area contributed by atoms with Gasteiger partial charge in [-0.15, -0.1) is 0 Å². The van der Waals surface area contributed by atoms with Crippen LogP contribution in [0.2, 0.25) is 0 Å². The van der Waals surface area contributed by atoms with Crippen molar-refractivity contribution in [1.29, 1.82) is 0 Å². The molecule has 4 nitrogen and oxygen atoms in total. The van der Waals surface area contributed by atoms with Gasteiger partial charge in [0, 0.05) is 44.3 Å². The van der Waals surface area contributed by atoms with E-state index in [1.807, 2.05) is 6.26 Å². The van der Waals surface area contributed by atoms with Gasteiger partial charge in [-0.3, -0.25) is 9.80 Å². The summed E-state index contributed by atoms with van der Waals surface area (Å²) in [7, 11) is 0. The van der Waals surface area contributed by atoms with Crippen molar-refractivity contribution in [3.63, 3.8) is 0 Å². The molecule has 120 valence electrons. The van der Waals surface area contributed by atoms with Crippen molar-refractivity contribution >= 4 is 0 Å². The van der Waals surface area contributed by atoms with Crippen LogP contribution in [-0.2, 0) is 13.1 Å². The molecule has 1 aromatic rings. The average Bonchev–Trinajstić information content (AvgIpc) is 2.95. The minimum atomic E-state index is 0.715. The first-order chi connectivity index (χ1) is 10.2. The second kappa shape index (κ2) is 8.57. The molecule has 1 saturated heterocycles. The van der Waals surface area contributed by atoms with Gasteiger partial charge in [-0.1, -0.05) is 13.8 Å². The van der Waals surface area contributed by atoms with E-state index < -0.39 is 0 Å². The Morgan fingerprint density at radius 1 is 1.24 bits per heavy atom. The van der Waals surface area contributed by atoms with Crippen LogP contribution in [0, 0.1) is 0 Å². The normalized spacial score (nSPS) is 19.0. The lowest BCUT2D eigenvalue weighted by Gasteiger charge is -2.37. The minimum absolute atomic E-state index is 0.715. The van der Waals surface area contributed by atoms with Crippen LogP contribution in [0.25, 0.3) is 0 Å². The van der Waals surface area contributed by atoms with Gasteiger partial charge in [-0.05, 0) is 32.4 Å². The van der Waals surface area contributed by atoms with E-state index in [0.29, 0.717) is 6.04 Å². The third kappa shape index (κ3) is 5.13. The fraction of sp³-hybridized carbons (Fsp3) is 0.765. The number of furan rings is 1. The van der Waals surface area contributed by atoms with E-state index in [-0.39, 0.29) is 0 Å². The lowest BCUT2D eigenvalue weighted by Crippen LogP contribution is -2.48. The van der Waals surface area contributed by atoms with E-state index >= 15 is 0 Å². The van der Waals surface area contributed by atoms with Crippen molar-refractivity contribution in [2.75, 3.05) is 32.7 Å². The molecule has 1 unspecified atom stereocenters. The molecule has 1 aliphatic rings. The molecule has 0 aromatic carbocycles. The summed E-state index contributed by atoms with van der Waals surface area (Å²) in [4.78, 5) is 5.10. The molecule has 4 heteroatoms. The van der Waals surface area contributed by atoms with E-state index in [0.717, 1.165) is 38.5 Å². The molecule has 0 spiro atoms. The minimum Gasteiger partial charge on any atom is -0.468 e. The van der Waals surface area contributed by atoms with E-state index in [4.69, 9.17) is 4.42 Å². The molecule has 1 fully saturated rings. The molecule has 0 aliphatic carbocycles. The summed E-state index contributed by atoms with van der Waals surface area (Å²) < 4.78 is 5.70. The summed E-state index contributed by atoms with van der Waals surface area (Å²) >= 11 is 0. The average molecular weight is 293 g/mol. The standard InChI is InChI=1S/C17H31N3O/c1-4-6-18-12-16-11-17(21-14-16)13-19-7-9-20(10-8-19)15(3)5-2/h11,14-15,18H,4-10,12-13H2,1-3H3. The second-order valence-electron chi connectivity index (χ2n) is 6.17. The highest BCUT2D eigenvalue weighted by molar-refractivity contribution is 5.12. The molecule has 1 aromatic heterocycles. The maximum atomic E-state index is 5.70. The Hall–Kier alpha value is -0.840. The van der Waals surface area contributed by atoms with Crippen molar-refractivity contribution in [1.82, 2.24) is 15.1 Å². The molecular formula is C17H31N3O. The predicted molar refractivity (Wildman–Crippen MR) is 87.3 cm³/mol. The van der Waals surface area contributed by atoms with Gasteiger partial charge >= 0.3 is 0 Å². The zero-order chi connectivity index (χ0) is 15.1. The fourth-order valence-corrected chi connectivity index (χ4v) is 2.85. The SMILES string of the molecule is CCCNCc1coc(CN2CCN(C(C)CC)CC2)c1. The Kier molecular flexibility index (Phi) is 6.74. The van der Waals surface area contributed by atoms with Crippen LogP contribution >= 0.6 is 0 Å². The molecule has 0 radical (unpaired) electrons. The molecule has 0 amide bonds. The third-order valence-corrected chi connectivity index (χ3v) is 4.46. The number of nitrogens with one attached hydrogen (secondary N) is 1. The molecule has 2 rings (SSSR count). The maximum Gasteiger partial charge on any atom is 0.118 e. The van der Waals surface area contributed by atoms with Crippen LogP contribution in [0.1, 0.15) is 44.9 Å². The zero-order valence-corrected chi connectivity index (χ0v) is 13.9. The molecule has 0 bridgehead atoms. The molecular weight excluding hydrogens is 262 g/mol. The van der Waals surface area contributed by atoms with Gasteiger partial charge in [0.05, 0.1) is 12.8 Å². The lowest BCUT2D eigenvalue weighted by molar-refractivity contribution is 0.0920. The lowest BCUT2D eigenvalue weighted by atomic mass is 10.2. The number of hydrogen-bond donors (Lipinski definition) is 1. The van der Waals surface area contributed by atoms with Crippen molar-refractivity contribution in [2.45, 2.75) is 52.7 Å². The van der Waals surface area contributed by atoms with Crippen LogP contribution in [0.15, 0.2) is 16.7 Å². The van der Waals surface area contributed by atoms with Crippen molar-refractivity contribution in [2.24, 2.45) is 0 Å². The predicted octanol–water partition coefficient (Wildman–Crippen LogP) is 2.70. The molecule has 1 N–H and O–H groups in total. The highest BCUT2D eigenvalue weighted by Crippen LogP contribution is 2.14. The highest BCUT2D eigenvalue weighted by atomic mass is 16.3. The van der Waals surface area contributed by atoms with Gasteiger partial charge in [-0.2, -0.15) is 0 Å². The Morgan fingerprint density at radius 3 is 2.67 bits per heavy atom. The van der Waals surface area contributed by atoms with Gasteiger partial charge in [0.25, 0.3) is 0 Å². The van der Waals surface area contributed by atoms with Crippen molar-refractivity contribution in [3.05, 3.63) is 23.7 Å². The van der Waals surface area contributed by atoms with Gasteiger partial charge in [0.2, 0.25) is 0 Å². The summed E-state index contributed by atoms with van der Waals surface area (Å²) in [6, 6.07) is 2.91. The van der Waals surface area contributed by atoms with Crippen molar-refractivity contribution in [3.8, 4) is 0 Å². The van der Waals surface area contributed by atoms with E-state index in [2.05, 4.69) is 42.0 Å². The fourth-order valence-electron chi connectivity index (χ4n) is 2.85. The van der Waals surface area contributed by atoms with Gasteiger partial charge in [-0.25, -0.2) is 0 Å². The number of rotatable bonds is 8. The van der Waals surface area contributed by atoms with Crippen LogP contribution in [-0.4, -0.2) is 48.6 Å². The molecule has 1 aliphatic heterocycles. The smallest absolute Gasteiger partial charge is 0.118 e. The summed E-state index contributed by atoms with van der Waals surface area (Å²) in [5.74, 6) is 1.10. The third-order valence-electron chi connectivity index (χ3n) is 4.46. The Balaban J connectivity index is 1.73. The van der Waals surface area contributed by atoms with E-state index in [1.165, 1.54) is 31.5 Å². The maximum absolute atomic E-state index is 5.70. The molecule has 21 heavy (non-hydrogen) atoms. The summed E-state index contributed by atoms with van der Waals surface area (Å²) in [5, 5.41) is 3.41. The Morgan fingerprint density at radius 2 is 2.00 bits per heavy atom. The quantitative estimate of drug-likeness (QED) is 0.747. The summed E-state index contributed by atoms with van der Waals surface area (Å²) in [5.41, 5.74) is 1.26. The largest absolute Gasteiger partial charge is 0.468 e. The zero-order valence-electron chi connectivity index (χ0n) is 13.9. The Bertz CT molecular complexity index is 396. The van der Waals surface area contributed by atoms with Gasteiger partial charge < -0.3 is 9.73 Å². The van der Waals surface area contributed by atoms with Crippen LogP contribution in [0.4, 0.5) is 0 Å². The second-order valence-corrected chi connectivity index (χ2v) is 6.17. The first-order valence-electron chi connectivity index (χ1n) is 8.46. The number of piperazine rings is 1. The first-order valence-corrected chi connectivity index (χ1v) is 8.46. The number of nitrogens with zero attached hydrogens (tertiary/aromatic N) is 2. The topological polar surface area (TPSA) is 31.7 Å². The van der Waals surface area contributed by atoms with Crippen LogP contribution < -0.4 is 5.32 Å². The molecule has 1 atom stereocenters. The monoisotopic (exact) mass is 293 g/mol. The summed E-state index contributed by atoms with van der Waals surface area (Å²) in [6.45, 7) is 14.4. The van der Waals surface area contributed by atoms with E-state index in [9.17, 15) is 0 Å².